The summed E-state index contributed by atoms with van der Waals surface area (Å²) in [4.78, 5) is 0.177. The van der Waals surface area contributed by atoms with Crippen LogP contribution in [0.15, 0.2) is 17.0 Å². The summed E-state index contributed by atoms with van der Waals surface area (Å²) in [6.45, 7) is 4.10. The first-order chi connectivity index (χ1) is 8.34. The lowest BCUT2D eigenvalue weighted by Crippen LogP contribution is -2.31. The number of aliphatic hydroxyl groups excluding tert-OH is 1. The lowest BCUT2D eigenvalue weighted by Gasteiger charge is -2.19. The number of anilines is 1. The monoisotopic (exact) mass is 270 g/mol. The number of nitrogens with two attached hydrogens (primary N) is 1. The van der Waals surface area contributed by atoms with Crippen LogP contribution in [-0.2, 0) is 10.0 Å². The van der Waals surface area contributed by atoms with Gasteiger partial charge in [-0.15, -0.1) is 0 Å². The van der Waals surface area contributed by atoms with Gasteiger partial charge in [0.15, 0.2) is 0 Å². The summed E-state index contributed by atoms with van der Waals surface area (Å²) in [5, 5.41) is 9.47. The van der Waals surface area contributed by atoms with E-state index in [1.807, 2.05) is 13.0 Å². The van der Waals surface area contributed by atoms with E-state index in [-0.39, 0.29) is 17.1 Å². The van der Waals surface area contributed by atoms with Crippen LogP contribution < -0.4 is 5.73 Å². The first-order valence-corrected chi connectivity index (χ1v) is 7.32. The van der Waals surface area contributed by atoms with Gasteiger partial charge in [0.05, 0.1) is 11.8 Å². The Bertz CT molecular complexity index is 569. The van der Waals surface area contributed by atoms with Crippen molar-refractivity contribution in [2.24, 2.45) is 0 Å². The molecule has 0 radical (unpaired) electrons. The molecule has 1 aromatic rings. The fourth-order valence-electron chi connectivity index (χ4n) is 2.21. The molecule has 1 heterocycles. The maximum Gasteiger partial charge on any atom is 0.245 e. The quantitative estimate of drug-likeness (QED) is 0.773. The molecule has 3 N–H and O–H groups in total. The van der Waals surface area contributed by atoms with Gasteiger partial charge in [0.25, 0.3) is 0 Å². The highest BCUT2D eigenvalue weighted by Gasteiger charge is 2.34. The summed E-state index contributed by atoms with van der Waals surface area (Å²) in [6.07, 6.45) is -0.101. The van der Waals surface area contributed by atoms with E-state index in [2.05, 4.69) is 0 Å². The summed E-state index contributed by atoms with van der Waals surface area (Å²) in [6, 6.07) is 3.42. The van der Waals surface area contributed by atoms with Crippen molar-refractivity contribution in [3.05, 3.63) is 23.3 Å². The van der Waals surface area contributed by atoms with Crippen molar-refractivity contribution in [3.63, 3.8) is 0 Å². The zero-order valence-electron chi connectivity index (χ0n) is 10.5. The molecule has 2 rings (SSSR count). The fraction of sp³-hybridized carbons (Fsp3) is 0.500. The van der Waals surface area contributed by atoms with Gasteiger partial charge >= 0.3 is 0 Å². The van der Waals surface area contributed by atoms with Crippen LogP contribution in [0.2, 0.25) is 0 Å². The van der Waals surface area contributed by atoms with Gasteiger partial charge < -0.3 is 10.8 Å². The molecule has 0 unspecified atom stereocenters. The van der Waals surface area contributed by atoms with Crippen LogP contribution >= 0.6 is 0 Å². The Morgan fingerprint density at radius 1 is 1.39 bits per heavy atom. The van der Waals surface area contributed by atoms with Crippen LogP contribution in [0.25, 0.3) is 0 Å². The fourth-order valence-corrected chi connectivity index (χ4v) is 4.10. The van der Waals surface area contributed by atoms with Crippen LogP contribution in [-0.4, -0.2) is 37.0 Å². The number of hydrogen-bond donors (Lipinski definition) is 2. The molecule has 5 nitrogen and oxygen atoms in total. The number of benzene rings is 1. The Balaban J connectivity index is 2.51. The molecule has 0 bridgehead atoms. The molecule has 0 amide bonds. The average molecular weight is 270 g/mol. The lowest BCUT2D eigenvalue weighted by atomic mass is 10.1. The molecule has 0 aromatic heterocycles. The van der Waals surface area contributed by atoms with E-state index < -0.39 is 16.1 Å². The normalized spacial score (nSPS) is 21.4. The Kier molecular flexibility index (Phi) is 3.35. The molecule has 6 heteroatoms. The van der Waals surface area contributed by atoms with Gasteiger partial charge in [0.2, 0.25) is 10.0 Å². The van der Waals surface area contributed by atoms with Gasteiger partial charge in [0, 0.05) is 13.1 Å². The molecule has 0 saturated carbocycles. The second-order valence-electron chi connectivity index (χ2n) is 4.73. The number of nitrogens with zero attached hydrogens (tertiary/aromatic N) is 1. The Morgan fingerprint density at radius 2 is 2.06 bits per heavy atom. The van der Waals surface area contributed by atoms with Crippen molar-refractivity contribution in [1.82, 2.24) is 4.31 Å². The lowest BCUT2D eigenvalue weighted by molar-refractivity contribution is 0.189. The summed E-state index contributed by atoms with van der Waals surface area (Å²) in [5.41, 5.74) is 7.64. The largest absolute Gasteiger partial charge is 0.398 e. The highest BCUT2D eigenvalue weighted by Crippen LogP contribution is 2.30. The van der Waals surface area contributed by atoms with Gasteiger partial charge in [0.1, 0.15) is 4.90 Å². The van der Waals surface area contributed by atoms with Gasteiger partial charge in [-0.1, -0.05) is 6.07 Å². The minimum Gasteiger partial charge on any atom is -0.398 e. The van der Waals surface area contributed by atoms with Crippen LogP contribution in [0.3, 0.4) is 0 Å². The maximum atomic E-state index is 12.5. The number of hydrogen-bond acceptors (Lipinski definition) is 4. The van der Waals surface area contributed by atoms with Crippen molar-refractivity contribution in [3.8, 4) is 0 Å². The van der Waals surface area contributed by atoms with Gasteiger partial charge in [-0.3, -0.25) is 0 Å². The third-order valence-corrected chi connectivity index (χ3v) is 5.50. The summed E-state index contributed by atoms with van der Waals surface area (Å²) in [7, 11) is -3.61. The van der Waals surface area contributed by atoms with E-state index in [0.29, 0.717) is 18.5 Å². The number of nitrogen functional groups attached to an aromatic ring is 1. The zero-order chi connectivity index (χ0) is 13.5. The zero-order valence-corrected chi connectivity index (χ0v) is 11.4. The molecule has 1 aliphatic heterocycles. The standard InChI is InChI=1S/C12H18N2O3S/c1-8-3-4-11(13)12(9(8)2)18(16,17)14-6-5-10(15)7-14/h3-4,10,15H,5-7,13H2,1-2H3/t10-/m0/s1. The summed E-state index contributed by atoms with van der Waals surface area (Å²) < 4.78 is 26.3. The number of aliphatic hydroxyl groups is 1. The molecule has 1 atom stereocenters. The molecule has 1 aromatic carbocycles. The molecule has 1 aliphatic rings. The third-order valence-electron chi connectivity index (χ3n) is 3.43. The first-order valence-electron chi connectivity index (χ1n) is 5.88. The Labute approximate surface area is 107 Å². The molecule has 1 saturated heterocycles. The Morgan fingerprint density at radius 3 is 2.61 bits per heavy atom. The number of sulfonamides is 1. The van der Waals surface area contributed by atoms with E-state index in [9.17, 15) is 13.5 Å². The van der Waals surface area contributed by atoms with Crippen molar-refractivity contribution in [1.29, 1.82) is 0 Å². The number of rotatable bonds is 2. The SMILES string of the molecule is Cc1ccc(N)c(S(=O)(=O)N2CC[C@H](O)C2)c1C. The minimum absolute atomic E-state index is 0.148. The van der Waals surface area contributed by atoms with Crippen LogP contribution in [0.5, 0.6) is 0 Å². The van der Waals surface area contributed by atoms with E-state index in [0.717, 1.165) is 5.56 Å². The van der Waals surface area contributed by atoms with E-state index in [4.69, 9.17) is 5.73 Å². The summed E-state index contributed by atoms with van der Waals surface area (Å²) in [5.74, 6) is 0. The van der Waals surface area contributed by atoms with Gasteiger partial charge in [-0.2, -0.15) is 4.31 Å². The topological polar surface area (TPSA) is 83.6 Å². The molecule has 1 fully saturated rings. The second-order valence-corrected chi connectivity index (χ2v) is 6.61. The van der Waals surface area contributed by atoms with Crippen LogP contribution in [0.1, 0.15) is 17.5 Å². The van der Waals surface area contributed by atoms with E-state index in [1.165, 1.54) is 4.31 Å². The molecule has 0 spiro atoms. The van der Waals surface area contributed by atoms with Crippen molar-refractivity contribution in [2.75, 3.05) is 18.8 Å². The second kappa shape index (κ2) is 4.53. The van der Waals surface area contributed by atoms with Gasteiger partial charge in [-0.05, 0) is 37.5 Å². The highest BCUT2D eigenvalue weighted by atomic mass is 32.2. The Hall–Kier alpha value is -1.11. The van der Waals surface area contributed by atoms with Crippen LogP contribution in [0, 0.1) is 13.8 Å². The van der Waals surface area contributed by atoms with E-state index >= 15 is 0 Å². The minimum atomic E-state index is -3.61. The number of aryl methyl sites for hydroxylation is 1. The van der Waals surface area contributed by atoms with Crippen molar-refractivity contribution in [2.45, 2.75) is 31.3 Å². The maximum absolute atomic E-state index is 12.5. The molecular formula is C12H18N2O3S. The van der Waals surface area contributed by atoms with Crippen molar-refractivity contribution >= 4 is 15.7 Å². The third kappa shape index (κ3) is 2.11. The van der Waals surface area contributed by atoms with Crippen LogP contribution in [0.4, 0.5) is 5.69 Å². The van der Waals surface area contributed by atoms with Gasteiger partial charge in [-0.25, -0.2) is 8.42 Å². The first kappa shape index (κ1) is 13.3. The smallest absolute Gasteiger partial charge is 0.245 e. The molecule has 0 aliphatic carbocycles. The number of β-amino-alcohol motifs (C(OH)–C–C–N with tert-alkyl or cyclic N) is 1. The van der Waals surface area contributed by atoms with E-state index in [1.54, 1.807) is 13.0 Å². The highest BCUT2D eigenvalue weighted by molar-refractivity contribution is 7.89. The molecule has 18 heavy (non-hydrogen) atoms. The molecular weight excluding hydrogens is 252 g/mol. The predicted molar refractivity (Wildman–Crippen MR) is 69.7 cm³/mol. The van der Waals surface area contributed by atoms with Crippen molar-refractivity contribution < 1.29 is 13.5 Å². The molecule has 100 valence electrons. The average Bonchev–Trinajstić information content (AvgIpc) is 2.71. The summed E-state index contributed by atoms with van der Waals surface area (Å²) >= 11 is 0. The predicted octanol–water partition coefficient (Wildman–Crippen LogP) is 0.641.